The minimum Gasteiger partial charge on any atom is -0.484 e. The molecule has 1 aromatic carbocycles. The van der Waals surface area contributed by atoms with Crippen molar-refractivity contribution < 1.29 is 24.5 Å². The first-order valence-corrected chi connectivity index (χ1v) is 8.89. The number of ether oxygens (including phenoxy) is 2. The van der Waals surface area contributed by atoms with Crippen LogP contribution in [0.5, 0.6) is 5.75 Å². The number of aromatic nitrogens is 3. The topological polar surface area (TPSA) is 119 Å². The second-order valence-electron chi connectivity index (χ2n) is 6.45. The number of para-hydroxylation sites is 1. The van der Waals surface area contributed by atoms with Gasteiger partial charge in [-0.3, -0.25) is 4.79 Å². The normalized spacial score (nSPS) is 21.7. The predicted molar refractivity (Wildman–Crippen MR) is 99.7 cm³/mol. The molecule has 1 fully saturated rings. The number of nitrogens with one attached hydrogen (secondary N) is 1. The minimum absolute atomic E-state index is 0.147. The molecule has 1 aliphatic heterocycles. The molecular formula is C19H20N4O5. The van der Waals surface area contributed by atoms with Gasteiger partial charge in [0.2, 0.25) is 0 Å². The van der Waals surface area contributed by atoms with Crippen LogP contribution in [0.1, 0.15) is 12.6 Å². The van der Waals surface area contributed by atoms with E-state index >= 15 is 0 Å². The molecule has 146 valence electrons. The molecule has 0 radical (unpaired) electrons. The van der Waals surface area contributed by atoms with Crippen LogP contribution in [-0.4, -0.2) is 56.1 Å². The van der Waals surface area contributed by atoms with Gasteiger partial charge in [-0.05, 0) is 18.2 Å². The van der Waals surface area contributed by atoms with E-state index in [0.29, 0.717) is 29.0 Å². The van der Waals surface area contributed by atoms with Crippen molar-refractivity contribution in [1.29, 1.82) is 0 Å². The van der Waals surface area contributed by atoms with Gasteiger partial charge in [0.05, 0.1) is 18.1 Å². The van der Waals surface area contributed by atoms with Crippen LogP contribution in [0.3, 0.4) is 0 Å². The number of carbonyl (C=O) groups excluding carboxylic acids is 1. The maximum atomic E-state index is 12.2. The summed E-state index contributed by atoms with van der Waals surface area (Å²) in [6.07, 6.45) is 1.62. The van der Waals surface area contributed by atoms with Gasteiger partial charge in [-0.2, -0.15) is 0 Å². The van der Waals surface area contributed by atoms with Gasteiger partial charge < -0.3 is 29.6 Å². The largest absolute Gasteiger partial charge is 0.484 e. The van der Waals surface area contributed by atoms with Gasteiger partial charge in [-0.1, -0.05) is 18.2 Å². The maximum Gasteiger partial charge on any atom is 0.263 e. The summed E-state index contributed by atoms with van der Waals surface area (Å²) in [6, 6.07) is 10.8. The lowest BCUT2D eigenvalue weighted by molar-refractivity contribution is -0.118. The van der Waals surface area contributed by atoms with E-state index in [2.05, 4.69) is 15.3 Å². The lowest BCUT2D eigenvalue weighted by Gasteiger charge is -2.14. The Labute approximate surface area is 160 Å². The van der Waals surface area contributed by atoms with E-state index in [1.54, 1.807) is 29.0 Å². The molecule has 28 heavy (non-hydrogen) atoms. The highest BCUT2D eigenvalue weighted by molar-refractivity contribution is 5.99. The third-order valence-electron chi connectivity index (χ3n) is 4.57. The molecule has 0 bridgehead atoms. The Balaban J connectivity index is 1.48. The first-order valence-electron chi connectivity index (χ1n) is 8.89. The Morgan fingerprint density at radius 1 is 1.29 bits per heavy atom. The zero-order valence-corrected chi connectivity index (χ0v) is 14.9. The Bertz CT molecular complexity index is 961. The molecular weight excluding hydrogens is 364 g/mol. The molecule has 0 aliphatic carbocycles. The number of fused-ring (bicyclic) bond motifs is 1. The summed E-state index contributed by atoms with van der Waals surface area (Å²) in [5, 5.41) is 22.6. The Morgan fingerprint density at radius 2 is 2.11 bits per heavy atom. The van der Waals surface area contributed by atoms with Crippen LogP contribution in [0.2, 0.25) is 0 Å². The van der Waals surface area contributed by atoms with E-state index in [-0.39, 0.29) is 19.1 Å². The monoisotopic (exact) mass is 384 g/mol. The number of hydrogen-bond donors (Lipinski definition) is 3. The van der Waals surface area contributed by atoms with Gasteiger partial charge in [-0.25, -0.2) is 9.97 Å². The van der Waals surface area contributed by atoms with Gasteiger partial charge in [-0.15, -0.1) is 0 Å². The molecule has 0 spiro atoms. The summed E-state index contributed by atoms with van der Waals surface area (Å²) in [6.45, 7) is -0.402. The number of anilines is 1. The fraction of sp³-hybridized carbons (Fsp3) is 0.316. The third kappa shape index (κ3) is 3.68. The van der Waals surface area contributed by atoms with E-state index < -0.39 is 18.4 Å². The van der Waals surface area contributed by atoms with E-state index in [0.717, 1.165) is 0 Å². The molecule has 9 heteroatoms. The van der Waals surface area contributed by atoms with Crippen molar-refractivity contribution >= 4 is 22.8 Å². The van der Waals surface area contributed by atoms with Crippen molar-refractivity contribution in [2.75, 3.05) is 18.5 Å². The van der Waals surface area contributed by atoms with Gasteiger partial charge in [0.15, 0.2) is 6.61 Å². The fourth-order valence-electron chi connectivity index (χ4n) is 3.19. The molecule has 3 N–H and O–H groups in total. The van der Waals surface area contributed by atoms with Crippen LogP contribution in [0.25, 0.3) is 11.0 Å². The van der Waals surface area contributed by atoms with E-state index in [1.165, 1.54) is 6.33 Å². The number of benzene rings is 1. The summed E-state index contributed by atoms with van der Waals surface area (Å²) in [7, 11) is 0. The van der Waals surface area contributed by atoms with Crippen molar-refractivity contribution in [3.63, 3.8) is 0 Å². The highest BCUT2D eigenvalue weighted by Gasteiger charge is 2.35. The number of nitrogens with zero attached hydrogens (tertiary/aromatic N) is 3. The SMILES string of the molecule is O=C(COc1ccccc1)Nc1ncnc2c1ccn2[C@H]1C[C@H](O)[C@@H](CO)O1. The van der Waals surface area contributed by atoms with Crippen LogP contribution in [0.15, 0.2) is 48.9 Å². The fourth-order valence-corrected chi connectivity index (χ4v) is 3.19. The van der Waals surface area contributed by atoms with Crippen LogP contribution in [-0.2, 0) is 9.53 Å². The van der Waals surface area contributed by atoms with Gasteiger partial charge in [0.25, 0.3) is 5.91 Å². The molecule has 0 unspecified atom stereocenters. The number of amides is 1. The molecule has 2 aromatic heterocycles. The van der Waals surface area contributed by atoms with Crippen LogP contribution < -0.4 is 10.1 Å². The number of carbonyl (C=O) groups is 1. The lowest BCUT2D eigenvalue weighted by Crippen LogP contribution is -2.24. The van der Waals surface area contributed by atoms with Crippen molar-refractivity contribution in [3.05, 3.63) is 48.9 Å². The third-order valence-corrected chi connectivity index (χ3v) is 4.57. The van der Waals surface area contributed by atoms with Crippen LogP contribution >= 0.6 is 0 Å². The van der Waals surface area contributed by atoms with Crippen molar-refractivity contribution in [2.45, 2.75) is 24.9 Å². The van der Waals surface area contributed by atoms with Crippen LogP contribution in [0, 0.1) is 0 Å². The molecule has 1 saturated heterocycles. The van der Waals surface area contributed by atoms with Crippen molar-refractivity contribution in [2.24, 2.45) is 0 Å². The van der Waals surface area contributed by atoms with Crippen molar-refractivity contribution in [3.8, 4) is 5.75 Å². The van der Waals surface area contributed by atoms with Gasteiger partial charge in [0, 0.05) is 12.6 Å². The molecule has 1 amide bonds. The lowest BCUT2D eigenvalue weighted by atomic mass is 10.2. The predicted octanol–water partition coefficient (Wildman–Crippen LogP) is 1.09. The van der Waals surface area contributed by atoms with Gasteiger partial charge in [0.1, 0.15) is 35.9 Å². The van der Waals surface area contributed by atoms with E-state index in [4.69, 9.17) is 9.47 Å². The first kappa shape index (κ1) is 18.4. The summed E-state index contributed by atoms with van der Waals surface area (Å²) < 4.78 is 12.9. The Kier molecular flexibility index (Phi) is 5.20. The second kappa shape index (κ2) is 7.93. The summed E-state index contributed by atoms with van der Waals surface area (Å²) >= 11 is 0. The smallest absolute Gasteiger partial charge is 0.263 e. The summed E-state index contributed by atoms with van der Waals surface area (Å²) in [5.41, 5.74) is 0.560. The van der Waals surface area contributed by atoms with E-state index in [9.17, 15) is 15.0 Å². The second-order valence-corrected chi connectivity index (χ2v) is 6.45. The Hall–Kier alpha value is -3.01. The molecule has 9 nitrogen and oxygen atoms in total. The molecule has 4 rings (SSSR count). The number of rotatable bonds is 6. The number of hydrogen-bond acceptors (Lipinski definition) is 7. The zero-order valence-electron chi connectivity index (χ0n) is 14.9. The average Bonchev–Trinajstić information content (AvgIpc) is 3.31. The highest BCUT2D eigenvalue weighted by atomic mass is 16.5. The number of aliphatic hydroxyl groups is 2. The quantitative estimate of drug-likeness (QED) is 0.582. The molecule has 3 aromatic rings. The standard InChI is InChI=1S/C19H20N4O5/c24-9-15-14(25)8-17(28-15)23-7-6-13-18(20-11-21-19(13)23)22-16(26)10-27-12-4-2-1-3-5-12/h1-7,11,14-15,17,24-25H,8-10H2,(H,20,21,22,26)/t14-,15+,17+/m0/s1. The minimum atomic E-state index is -0.747. The Morgan fingerprint density at radius 3 is 2.86 bits per heavy atom. The van der Waals surface area contributed by atoms with Crippen molar-refractivity contribution in [1.82, 2.24) is 14.5 Å². The maximum absolute atomic E-state index is 12.2. The molecule has 3 heterocycles. The summed E-state index contributed by atoms with van der Waals surface area (Å²) in [5.74, 6) is 0.624. The van der Waals surface area contributed by atoms with Crippen LogP contribution in [0.4, 0.5) is 5.82 Å². The van der Waals surface area contributed by atoms with Gasteiger partial charge >= 0.3 is 0 Å². The molecule has 1 aliphatic rings. The zero-order chi connectivity index (χ0) is 19.5. The average molecular weight is 384 g/mol. The highest BCUT2D eigenvalue weighted by Crippen LogP contribution is 2.32. The summed E-state index contributed by atoms with van der Waals surface area (Å²) in [4.78, 5) is 20.6. The molecule has 3 atom stereocenters. The first-order chi connectivity index (χ1) is 13.7. The molecule has 0 saturated carbocycles. The van der Waals surface area contributed by atoms with E-state index in [1.807, 2.05) is 18.2 Å². The number of aliphatic hydroxyl groups excluding tert-OH is 2.